The molecule has 0 aliphatic heterocycles. The van der Waals surface area contributed by atoms with Crippen LogP contribution in [0.1, 0.15) is 80.0 Å². The van der Waals surface area contributed by atoms with Crippen LogP contribution in [0.4, 0.5) is 0 Å². The van der Waals surface area contributed by atoms with E-state index in [0.717, 1.165) is 25.2 Å². The summed E-state index contributed by atoms with van der Waals surface area (Å²) in [5.41, 5.74) is 9.98. The van der Waals surface area contributed by atoms with Gasteiger partial charge in [-0.25, -0.2) is 0 Å². The average Bonchev–Trinajstić information content (AvgIpc) is 3.23. The number of hydrogen-bond acceptors (Lipinski definition) is 2. The minimum Gasteiger partial charge on any atom is -0.481 e. The Morgan fingerprint density at radius 2 is 1.66 bits per heavy atom. The second-order valence-corrected chi connectivity index (χ2v) is 8.94. The molecule has 1 saturated carbocycles. The molecule has 2 aromatic rings. The van der Waals surface area contributed by atoms with Crippen LogP contribution in [0.2, 0.25) is 10.0 Å². The first-order valence-electron chi connectivity index (χ1n) is 10.5. The second kappa shape index (κ2) is 10.5. The number of benzene rings is 2. The molecule has 0 saturated heterocycles. The fourth-order valence-corrected chi connectivity index (χ4v) is 4.83. The van der Waals surface area contributed by atoms with Crippen LogP contribution < -0.4 is 5.73 Å². The third-order valence-electron chi connectivity index (χ3n) is 6.12. The van der Waals surface area contributed by atoms with Gasteiger partial charge in [0.2, 0.25) is 0 Å². The van der Waals surface area contributed by atoms with Crippen molar-refractivity contribution in [2.75, 3.05) is 0 Å². The van der Waals surface area contributed by atoms with Gasteiger partial charge in [-0.1, -0.05) is 79.2 Å². The highest BCUT2D eigenvalue weighted by Crippen LogP contribution is 2.41. The highest BCUT2D eigenvalue weighted by Gasteiger charge is 2.26. The second-order valence-electron chi connectivity index (χ2n) is 8.12. The highest BCUT2D eigenvalue weighted by molar-refractivity contribution is 6.42. The van der Waals surface area contributed by atoms with Gasteiger partial charge in [-0.2, -0.15) is 0 Å². The summed E-state index contributed by atoms with van der Waals surface area (Å²) in [6.07, 6.45) is 8.45. The molecule has 2 aliphatic carbocycles. The molecule has 0 amide bonds. The molecule has 0 bridgehead atoms. The lowest BCUT2D eigenvalue weighted by Crippen LogP contribution is -2.20. The Labute approximate surface area is 183 Å². The van der Waals surface area contributed by atoms with Crippen LogP contribution in [0, 0.1) is 5.92 Å². The first kappa shape index (κ1) is 22.1. The molecule has 0 spiro atoms. The molecule has 2 aliphatic rings. The van der Waals surface area contributed by atoms with Gasteiger partial charge >= 0.3 is 5.97 Å². The number of hydrogen-bond donors (Lipinski definition) is 2. The first-order chi connectivity index (χ1) is 14.0. The summed E-state index contributed by atoms with van der Waals surface area (Å²) in [5, 5.41) is 9.59. The highest BCUT2D eigenvalue weighted by atomic mass is 35.5. The summed E-state index contributed by atoms with van der Waals surface area (Å²) in [6.45, 7) is 0. The van der Waals surface area contributed by atoms with E-state index in [0.29, 0.717) is 22.4 Å². The fourth-order valence-electron chi connectivity index (χ4n) is 4.53. The molecule has 5 heteroatoms. The molecular weight excluding hydrogens is 405 g/mol. The Kier molecular flexibility index (Phi) is 7.99. The van der Waals surface area contributed by atoms with Crippen molar-refractivity contribution in [1.82, 2.24) is 0 Å². The number of fused-ring (bicyclic) bond motifs is 1. The van der Waals surface area contributed by atoms with E-state index in [1.54, 1.807) is 0 Å². The van der Waals surface area contributed by atoms with E-state index < -0.39 is 5.97 Å². The lowest BCUT2D eigenvalue weighted by Gasteiger charge is -2.30. The van der Waals surface area contributed by atoms with Crippen molar-refractivity contribution in [2.24, 2.45) is 11.7 Å². The Bertz CT molecular complexity index is 833. The van der Waals surface area contributed by atoms with E-state index in [4.69, 9.17) is 34.0 Å². The summed E-state index contributed by atoms with van der Waals surface area (Å²) >= 11 is 12.1. The van der Waals surface area contributed by atoms with Crippen LogP contribution in [-0.2, 0) is 4.79 Å². The predicted molar refractivity (Wildman–Crippen MR) is 120 cm³/mol. The Morgan fingerprint density at radius 1 is 0.966 bits per heavy atom. The van der Waals surface area contributed by atoms with Gasteiger partial charge in [0.15, 0.2) is 0 Å². The maximum absolute atomic E-state index is 10.2. The van der Waals surface area contributed by atoms with Gasteiger partial charge in [0.05, 0.1) is 10.0 Å². The van der Waals surface area contributed by atoms with Crippen molar-refractivity contribution in [3.63, 3.8) is 0 Å². The van der Waals surface area contributed by atoms with Crippen molar-refractivity contribution in [2.45, 2.75) is 63.3 Å². The van der Waals surface area contributed by atoms with E-state index in [1.165, 1.54) is 42.4 Å². The number of carboxylic acids is 1. The lowest BCUT2D eigenvalue weighted by atomic mass is 9.77. The zero-order chi connectivity index (χ0) is 20.8. The number of aliphatic carboxylic acids is 1. The van der Waals surface area contributed by atoms with E-state index in [-0.39, 0.29) is 6.04 Å². The molecule has 2 atom stereocenters. The average molecular weight is 434 g/mol. The lowest BCUT2D eigenvalue weighted by molar-refractivity contribution is -0.137. The predicted octanol–water partition coefficient (Wildman–Crippen LogP) is 6.96. The quantitative estimate of drug-likeness (QED) is 0.547. The van der Waals surface area contributed by atoms with E-state index in [2.05, 4.69) is 30.3 Å². The summed E-state index contributed by atoms with van der Waals surface area (Å²) < 4.78 is 0. The Morgan fingerprint density at radius 3 is 2.31 bits per heavy atom. The van der Waals surface area contributed by atoms with E-state index in [1.807, 2.05) is 12.1 Å². The van der Waals surface area contributed by atoms with E-state index in [9.17, 15) is 4.79 Å². The van der Waals surface area contributed by atoms with E-state index >= 15 is 0 Å². The van der Waals surface area contributed by atoms with Crippen LogP contribution in [-0.4, -0.2) is 11.1 Å². The molecule has 0 aromatic heterocycles. The van der Waals surface area contributed by atoms with Gasteiger partial charge in [-0.05, 0) is 54.0 Å². The molecule has 2 aromatic carbocycles. The number of nitrogens with two attached hydrogens (primary N) is 1. The van der Waals surface area contributed by atoms with Crippen LogP contribution >= 0.6 is 23.2 Å². The maximum atomic E-state index is 10.2. The van der Waals surface area contributed by atoms with Crippen molar-refractivity contribution < 1.29 is 9.90 Å². The van der Waals surface area contributed by atoms with Gasteiger partial charge in [0, 0.05) is 18.4 Å². The molecule has 0 unspecified atom stereocenters. The number of carbonyl (C=O) groups is 1. The molecule has 3 nitrogen and oxygen atoms in total. The molecule has 1 fully saturated rings. The smallest absolute Gasteiger partial charge is 0.303 e. The van der Waals surface area contributed by atoms with Gasteiger partial charge in [0.1, 0.15) is 0 Å². The zero-order valence-corrected chi connectivity index (χ0v) is 18.1. The number of halogens is 2. The van der Waals surface area contributed by atoms with Gasteiger partial charge in [-0.3, -0.25) is 4.79 Å². The van der Waals surface area contributed by atoms with Crippen LogP contribution in [0.25, 0.3) is 0 Å². The monoisotopic (exact) mass is 433 g/mol. The molecular formula is C24H29Cl2NO2. The standard InChI is InChI=1S/C16H15Cl2N.C8H14O2/c17-14-7-5-10(9-15(14)18)11-6-8-16(19)13-4-2-1-3-12(11)13;9-8(10)6-5-7-3-1-2-4-7/h1-5,7,9,11,16H,6,8,19H2;7H,1-6H2,(H,9,10)/t11-,16-;/m0./s1. The van der Waals surface area contributed by atoms with Crippen LogP contribution in [0.5, 0.6) is 0 Å². The SMILES string of the molecule is N[C@H]1CC[C@@H](c2ccc(Cl)c(Cl)c2)c2ccccc21.O=C(O)CCC1CCCC1. The topological polar surface area (TPSA) is 63.3 Å². The van der Waals surface area contributed by atoms with Crippen molar-refractivity contribution in [3.8, 4) is 0 Å². The van der Waals surface area contributed by atoms with Crippen molar-refractivity contribution >= 4 is 29.2 Å². The molecule has 0 radical (unpaired) electrons. The minimum absolute atomic E-state index is 0.148. The maximum Gasteiger partial charge on any atom is 0.303 e. The number of rotatable bonds is 4. The first-order valence-corrected chi connectivity index (χ1v) is 11.2. The van der Waals surface area contributed by atoms with Crippen LogP contribution in [0.15, 0.2) is 42.5 Å². The molecule has 4 rings (SSSR count). The normalized spacial score (nSPS) is 21.2. The molecule has 3 N–H and O–H groups in total. The Balaban J connectivity index is 0.000000204. The summed E-state index contributed by atoms with van der Waals surface area (Å²) in [6, 6.07) is 14.5. The molecule has 156 valence electrons. The van der Waals surface area contributed by atoms with Crippen molar-refractivity contribution in [3.05, 3.63) is 69.2 Å². The Hall–Kier alpha value is -1.55. The fraction of sp³-hybridized carbons (Fsp3) is 0.458. The van der Waals surface area contributed by atoms with Gasteiger partial charge in [0.25, 0.3) is 0 Å². The van der Waals surface area contributed by atoms with Gasteiger partial charge in [-0.15, -0.1) is 0 Å². The van der Waals surface area contributed by atoms with Gasteiger partial charge < -0.3 is 10.8 Å². The summed E-state index contributed by atoms with van der Waals surface area (Å²) in [5.74, 6) is 0.439. The zero-order valence-electron chi connectivity index (χ0n) is 16.6. The molecule has 0 heterocycles. The number of carboxylic acid groups (broad SMARTS) is 1. The third-order valence-corrected chi connectivity index (χ3v) is 6.86. The largest absolute Gasteiger partial charge is 0.481 e. The summed E-state index contributed by atoms with van der Waals surface area (Å²) in [4.78, 5) is 10.2. The van der Waals surface area contributed by atoms with Crippen LogP contribution in [0.3, 0.4) is 0 Å². The van der Waals surface area contributed by atoms with Crippen molar-refractivity contribution in [1.29, 1.82) is 0 Å². The molecule has 29 heavy (non-hydrogen) atoms. The summed E-state index contributed by atoms with van der Waals surface area (Å²) in [7, 11) is 0. The third kappa shape index (κ3) is 5.97. The minimum atomic E-state index is -0.646.